The molecule has 7 nitrogen and oxygen atoms in total. The van der Waals surface area contributed by atoms with Crippen molar-refractivity contribution in [1.82, 2.24) is 10.2 Å². The van der Waals surface area contributed by atoms with E-state index in [2.05, 4.69) is 5.32 Å². The summed E-state index contributed by atoms with van der Waals surface area (Å²) in [5.41, 5.74) is 2.18. The number of carbonyl (C=O) groups excluding carboxylic acids is 3. The molecule has 3 aromatic rings. The lowest BCUT2D eigenvalue weighted by Crippen LogP contribution is -2.52. The maximum atomic E-state index is 13.8. The van der Waals surface area contributed by atoms with Gasteiger partial charge in [0.05, 0.1) is 12.8 Å². The molecule has 1 N–H and O–H groups in total. The molecule has 186 valence electrons. The van der Waals surface area contributed by atoms with Crippen LogP contribution in [0.15, 0.2) is 60.7 Å². The molecule has 1 atom stereocenters. The summed E-state index contributed by atoms with van der Waals surface area (Å²) in [4.78, 5) is 43.3. The van der Waals surface area contributed by atoms with Gasteiger partial charge in [-0.15, -0.1) is 0 Å². The molecule has 0 spiro atoms. The Balaban J connectivity index is 1.41. The highest BCUT2D eigenvalue weighted by Gasteiger charge is 2.34. The van der Waals surface area contributed by atoms with Crippen LogP contribution in [0.25, 0.3) is 10.8 Å². The van der Waals surface area contributed by atoms with Gasteiger partial charge in [0.1, 0.15) is 18.3 Å². The zero-order chi connectivity index (χ0) is 25.2. The lowest BCUT2D eigenvalue weighted by Gasteiger charge is -2.31. The highest BCUT2D eigenvalue weighted by molar-refractivity contribution is 6.26. The predicted octanol–water partition coefficient (Wildman–Crippen LogP) is 4.28. The zero-order valence-electron chi connectivity index (χ0n) is 20.7. The number of nitrogens with zero attached hydrogens (tertiary/aromatic N) is 2. The number of rotatable bonds is 8. The molecule has 5 rings (SSSR count). The van der Waals surface area contributed by atoms with E-state index in [1.807, 2.05) is 54.6 Å². The minimum atomic E-state index is -0.694. The molecular weight excluding hydrogens is 454 g/mol. The summed E-state index contributed by atoms with van der Waals surface area (Å²) in [6, 6.07) is 18.3. The van der Waals surface area contributed by atoms with Crippen LogP contribution in [0.5, 0.6) is 5.75 Å². The average molecular weight is 486 g/mol. The number of nitrogens with one attached hydrogen (secondary N) is 1. The standard InChI is InChI=1S/C29H31N3O4/c1-19(28(34)30-22-11-3-4-12-22)31(17-20-8-5-13-23(16-20)36-2)26(33)18-32-25-15-7-10-21-9-6-14-24(27(21)25)29(32)35/h5-10,13-16,19,22H,3-4,11-12,17-18H2,1-2H3,(H,30,34)/t19-/m1/s1. The first-order chi connectivity index (χ1) is 17.5. The lowest BCUT2D eigenvalue weighted by atomic mass is 10.1. The summed E-state index contributed by atoms with van der Waals surface area (Å²) in [7, 11) is 1.59. The van der Waals surface area contributed by atoms with Crippen LogP contribution in [0.3, 0.4) is 0 Å². The van der Waals surface area contributed by atoms with Gasteiger partial charge in [-0.3, -0.25) is 19.3 Å². The number of hydrogen-bond acceptors (Lipinski definition) is 4. The van der Waals surface area contributed by atoms with Crippen molar-refractivity contribution >= 4 is 34.2 Å². The van der Waals surface area contributed by atoms with Crippen molar-refractivity contribution in [1.29, 1.82) is 0 Å². The van der Waals surface area contributed by atoms with Gasteiger partial charge < -0.3 is 15.0 Å². The second kappa shape index (κ2) is 10.0. The van der Waals surface area contributed by atoms with Crippen molar-refractivity contribution in [2.75, 3.05) is 18.6 Å². The molecule has 0 aromatic heterocycles. The van der Waals surface area contributed by atoms with E-state index >= 15 is 0 Å². The van der Waals surface area contributed by atoms with Crippen molar-refractivity contribution in [3.63, 3.8) is 0 Å². The van der Waals surface area contributed by atoms with Crippen molar-refractivity contribution in [3.8, 4) is 5.75 Å². The molecule has 2 aliphatic rings. The van der Waals surface area contributed by atoms with Gasteiger partial charge in [0.25, 0.3) is 5.91 Å². The average Bonchev–Trinajstić information content (AvgIpc) is 3.50. The molecule has 1 aliphatic carbocycles. The Morgan fingerprint density at radius 3 is 2.56 bits per heavy atom. The van der Waals surface area contributed by atoms with Gasteiger partial charge in [-0.1, -0.05) is 49.2 Å². The van der Waals surface area contributed by atoms with E-state index in [9.17, 15) is 14.4 Å². The molecule has 1 saturated carbocycles. The molecule has 7 heteroatoms. The van der Waals surface area contributed by atoms with Crippen LogP contribution in [-0.4, -0.2) is 48.4 Å². The quantitative estimate of drug-likeness (QED) is 0.517. The Kier molecular flexibility index (Phi) is 6.63. The lowest BCUT2D eigenvalue weighted by molar-refractivity contribution is -0.139. The number of anilines is 1. The fourth-order valence-corrected chi connectivity index (χ4v) is 5.30. The van der Waals surface area contributed by atoms with Crippen LogP contribution in [0.1, 0.15) is 48.5 Å². The first-order valence-corrected chi connectivity index (χ1v) is 12.5. The van der Waals surface area contributed by atoms with E-state index in [0.717, 1.165) is 47.7 Å². The van der Waals surface area contributed by atoms with E-state index in [1.54, 1.807) is 25.0 Å². The third-order valence-corrected chi connectivity index (χ3v) is 7.30. The molecule has 0 unspecified atom stereocenters. The Morgan fingerprint density at radius 2 is 1.81 bits per heavy atom. The Bertz CT molecular complexity index is 1310. The highest BCUT2D eigenvalue weighted by atomic mass is 16.5. The number of carbonyl (C=O) groups is 3. The van der Waals surface area contributed by atoms with Gasteiger partial charge in [-0.25, -0.2) is 0 Å². The minimum absolute atomic E-state index is 0.141. The summed E-state index contributed by atoms with van der Waals surface area (Å²) < 4.78 is 5.35. The van der Waals surface area contributed by atoms with Crippen molar-refractivity contribution in [2.24, 2.45) is 0 Å². The maximum Gasteiger partial charge on any atom is 0.259 e. The minimum Gasteiger partial charge on any atom is -0.497 e. The fourth-order valence-electron chi connectivity index (χ4n) is 5.30. The first kappa shape index (κ1) is 23.9. The van der Waals surface area contributed by atoms with Gasteiger partial charge in [0.15, 0.2) is 0 Å². The Hall–Kier alpha value is -3.87. The van der Waals surface area contributed by atoms with Crippen LogP contribution < -0.4 is 15.0 Å². The number of benzene rings is 3. The SMILES string of the molecule is COc1cccc(CN(C(=O)CN2C(=O)c3cccc4cccc2c34)[C@H](C)C(=O)NC2CCCC2)c1. The number of ether oxygens (including phenoxy) is 1. The molecule has 1 heterocycles. The van der Waals surface area contributed by atoms with E-state index in [4.69, 9.17) is 4.74 Å². The third-order valence-electron chi connectivity index (χ3n) is 7.30. The zero-order valence-corrected chi connectivity index (χ0v) is 20.7. The van der Waals surface area contributed by atoms with Crippen LogP contribution in [0.4, 0.5) is 5.69 Å². The van der Waals surface area contributed by atoms with E-state index < -0.39 is 6.04 Å². The number of hydrogen-bond donors (Lipinski definition) is 1. The fraction of sp³-hybridized carbons (Fsp3) is 0.345. The Morgan fingerprint density at radius 1 is 1.08 bits per heavy atom. The summed E-state index contributed by atoms with van der Waals surface area (Å²) in [5.74, 6) is 0.0284. The summed E-state index contributed by atoms with van der Waals surface area (Å²) >= 11 is 0. The molecule has 3 aromatic carbocycles. The second-order valence-electron chi connectivity index (χ2n) is 9.61. The molecule has 1 aliphatic heterocycles. The van der Waals surface area contributed by atoms with E-state index in [-0.39, 0.29) is 36.9 Å². The second-order valence-corrected chi connectivity index (χ2v) is 9.61. The highest BCUT2D eigenvalue weighted by Crippen LogP contribution is 2.37. The summed E-state index contributed by atoms with van der Waals surface area (Å²) in [6.45, 7) is 1.84. The number of amides is 3. The third kappa shape index (κ3) is 4.53. The van der Waals surface area contributed by atoms with Gasteiger partial charge >= 0.3 is 0 Å². The smallest absolute Gasteiger partial charge is 0.259 e. The van der Waals surface area contributed by atoms with Gasteiger partial charge in [0.2, 0.25) is 11.8 Å². The monoisotopic (exact) mass is 485 g/mol. The molecule has 3 amide bonds. The first-order valence-electron chi connectivity index (χ1n) is 12.5. The normalized spacial score (nSPS) is 15.8. The van der Waals surface area contributed by atoms with Crippen LogP contribution >= 0.6 is 0 Å². The maximum absolute atomic E-state index is 13.8. The van der Waals surface area contributed by atoms with Gasteiger partial charge in [-0.2, -0.15) is 0 Å². The summed E-state index contributed by atoms with van der Waals surface area (Å²) in [5, 5.41) is 4.95. The van der Waals surface area contributed by atoms with E-state index in [1.165, 1.54) is 4.90 Å². The van der Waals surface area contributed by atoms with E-state index in [0.29, 0.717) is 11.3 Å². The summed E-state index contributed by atoms with van der Waals surface area (Å²) in [6.07, 6.45) is 4.14. The van der Waals surface area contributed by atoms with Crippen molar-refractivity contribution < 1.29 is 19.1 Å². The van der Waals surface area contributed by atoms with Crippen LogP contribution in [-0.2, 0) is 16.1 Å². The molecule has 0 saturated heterocycles. The van der Waals surface area contributed by atoms with Crippen LogP contribution in [0.2, 0.25) is 0 Å². The van der Waals surface area contributed by atoms with Gasteiger partial charge in [0, 0.05) is 23.5 Å². The van der Waals surface area contributed by atoms with Crippen LogP contribution in [0, 0.1) is 0 Å². The van der Waals surface area contributed by atoms with Gasteiger partial charge in [-0.05, 0) is 55.0 Å². The molecule has 0 bridgehead atoms. The topological polar surface area (TPSA) is 79.0 Å². The molecule has 1 fully saturated rings. The largest absolute Gasteiger partial charge is 0.497 e. The predicted molar refractivity (Wildman–Crippen MR) is 139 cm³/mol. The van der Waals surface area contributed by atoms with Crippen molar-refractivity contribution in [3.05, 3.63) is 71.8 Å². The molecule has 0 radical (unpaired) electrons. The molecular formula is C29H31N3O4. The molecule has 36 heavy (non-hydrogen) atoms. The Labute approximate surface area is 211 Å². The van der Waals surface area contributed by atoms with Crippen molar-refractivity contribution in [2.45, 2.75) is 51.2 Å². The number of methoxy groups -OCH3 is 1.